The summed E-state index contributed by atoms with van der Waals surface area (Å²) in [5.41, 5.74) is 3.02. The summed E-state index contributed by atoms with van der Waals surface area (Å²) in [4.78, 5) is 15.3. The van der Waals surface area contributed by atoms with Crippen molar-refractivity contribution in [3.63, 3.8) is 0 Å². The molecule has 112 valence electrons. The van der Waals surface area contributed by atoms with E-state index in [1.54, 1.807) is 18.2 Å². The zero-order valence-electron chi connectivity index (χ0n) is 11.8. The van der Waals surface area contributed by atoms with Crippen LogP contribution < -0.4 is 5.32 Å². The van der Waals surface area contributed by atoms with Gasteiger partial charge in [0.15, 0.2) is 0 Å². The van der Waals surface area contributed by atoms with E-state index in [4.69, 9.17) is 11.6 Å². The third-order valence-corrected chi connectivity index (χ3v) is 3.79. The van der Waals surface area contributed by atoms with E-state index in [1.165, 1.54) is 0 Å². The van der Waals surface area contributed by atoms with Gasteiger partial charge in [0.1, 0.15) is 5.69 Å². The number of aromatic amines is 1. The van der Waals surface area contributed by atoms with E-state index in [0.717, 1.165) is 22.0 Å². The second-order valence-corrected chi connectivity index (χ2v) is 5.46. The molecule has 5 heteroatoms. The molecule has 2 aromatic carbocycles. The molecule has 4 nitrogen and oxygen atoms in total. The molecule has 0 aliphatic rings. The van der Waals surface area contributed by atoms with Crippen LogP contribution in [0.15, 0.2) is 48.5 Å². The molecule has 3 aromatic rings. The Hall–Kier alpha value is -2.30. The van der Waals surface area contributed by atoms with Gasteiger partial charge in [-0.25, -0.2) is 0 Å². The molecule has 0 spiro atoms. The Kier molecular flexibility index (Phi) is 4.13. The lowest BCUT2D eigenvalue weighted by Crippen LogP contribution is -2.23. The van der Waals surface area contributed by atoms with Gasteiger partial charge in [0.25, 0.3) is 5.91 Å². The molecule has 0 bridgehead atoms. The molecule has 0 saturated carbocycles. The van der Waals surface area contributed by atoms with Crippen LogP contribution in [0.1, 0.15) is 21.6 Å². The second kappa shape index (κ2) is 6.22. The first kappa shape index (κ1) is 14.6. The van der Waals surface area contributed by atoms with Gasteiger partial charge < -0.3 is 15.4 Å². The molecule has 1 amide bonds. The van der Waals surface area contributed by atoms with Gasteiger partial charge in [-0.1, -0.05) is 41.9 Å². The molecule has 3 N–H and O–H groups in total. The van der Waals surface area contributed by atoms with Crippen LogP contribution in [0.2, 0.25) is 5.02 Å². The Balaban J connectivity index is 1.76. The lowest BCUT2D eigenvalue weighted by molar-refractivity contribution is 0.0946. The van der Waals surface area contributed by atoms with Crippen LogP contribution in [-0.2, 0) is 13.2 Å². The first-order valence-electron chi connectivity index (χ1n) is 6.91. The van der Waals surface area contributed by atoms with E-state index in [1.807, 2.05) is 30.3 Å². The first-order chi connectivity index (χ1) is 10.7. The largest absolute Gasteiger partial charge is 0.392 e. The van der Waals surface area contributed by atoms with E-state index in [9.17, 15) is 9.90 Å². The fraction of sp³-hybridized carbons (Fsp3) is 0.118. The third kappa shape index (κ3) is 2.98. The highest BCUT2D eigenvalue weighted by atomic mass is 35.5. The van der Waals surface area contributed by atoms with E-state index >= 15 is 0 Å². The van der Waals surface area contributed by atoms with Crippen molar-refractivity contribution >= 4 is 28.4 Å². The number of benzene rings is 2. The lowest BCUT2D eigenvalue weighted by atomic mass is 10.1. The zero-order chi connectivity index (χ0) is 15.5. The Morgan fingerprint density at radius 2 is 1.91 bits per heavy atom. The molecule has 1 heterocycles. The summed E-state index contributed by atoms with van der Waals surface area (Å²) in [6.45, 7) is 0.322. The van der Waals surface area contributed by atoms with Crippen molar-refractivity contribution in [3.8, 4) is 0 Å². The van der Waals surface area contributed by atoms with Gasteiger partial charge in [-0.05, 0) is 29.3 Å². The predicted molar refractivity (Wildman–Crippen MR) is 86.8 cm³/mol. The van der Waals surface area contributed by atoms with Crippen LogP contribution in [0.4, 0.5) is 0 Å². The number of carbonyl (C=O) groups is 1. The summed E-state index contributed by atoms with van der Waals surface area (Å²) in [5, 5.41) is 13.7. The maximum atomic E-state index is 12.2. The normalized spacial score (nSPS) is 10.8. The van der Waals surface area contributed by atoms with Crippen molar-refractivity contribution in [1.82, 2.24) is 10.3 Å². The average molecular weight is 315 g/mol. The molecule has 0 saturated heterocycles. The molecular formula is C17H15ClN2O2. The first-order valence-corrected chi connectivity index (χ1v) is 7.29. The van der Waals surface area contributed by atoms with Crippen LogP contribution in [0.3, 0.4) is 0 Å². The summed E-state index contributed by atoms with van der Waals surface area (Å²) < 4.78 is 0. The third-order valence-electron chi connectivity index (χ3n) is 3.56. The zero-order valence-corrected chi connectivity index (χ0v) is 12.5. The molecule has 0 atom stereocenters. The highest BCUT2D eigenvalue weighted by Gasteiger charge is 2.10. The Labute approximate surface area is 132 Å². The van der Waals surface area contributed by atoms with Crippen LogP contribution in [0, 0.1) is 0 Å². The van der Waals surface area contributed by atoms with Crippen molar-refractivity contribution < 1.29 is 9.90 Å². The van der Waals surface area contributed by atoms with Crippen LogP contribution in [-0.4, -0.2) is 16.0 Å². The molecule has 0 radical (unpaired) electrons. The van der Waals surface area contributed by atoms with Crippen LogP contribution >= 0.6 is 11.6 Å². The molecule has 1 aromatic heterocycles. The molecule has 0 fully saturated rings. The molecule has 0 unspecified atom stereocenters. The quantitative estimate of drug-likeness (QED) is 0.692. The average Bonchev–Trinajstić information content (AvgIpc) is 2.96. The summed E-state index contributed by atoms with van der Waals surface area (Å²) in [7, 11) is 0. The molecule has 3 rings (SSSR count). The lowest BCUT2D eigenvalue weighted by Gasteiger charge is -2.08. The van der Waals surface area contributed by atoms with E-state index in [-0.39, 0.29) is 12.5 Å². The summed E-state index contributed by atoms with van der Waals surface area (Å²) in [6.07, 6.45) is 0. The number of nitrogens with one attached hydrogen (secondary N) is 2. The van der Waals surface area contributed by atoms with E-state index in [2.05, 4.69) is 10.3 Å². The number of aliphatic hydroxyl groups excluding tert-OH is 1. The minimum atomic E-state index is -0.194. The number of H-pyrrole nitrogens is 1. The highest BCUT2D eigenvalue weighted by molar-refractivity contribution is 6.31. The van der Waals surface area contributed by atoms with Gasteiger partial charge in [0, 0.05) is 22.5 Å². The Morgan fingerprint density at radius 1 is 1.14 bits per heavy atom. The Bertz CT molecular complexity index is 826. The summed E-state index contributed by atoms with van der Waals surface area (Å²) in [6, 6.07) is 14.7. The van der Waals surface area contributed by atoms with Crippen molar-refractivity contribution in [3.05, 3.63) is 70.4 Å². The maximum absolute atomic E-state index is 12.2. The van der Waals surface area contributed by atoms with Crippen molar-refractivity contribution in [2.24, 2.45) is 0 Å². The summed E-state index contributed by atoms with van der Waals surface area (Å²) in [5.74, 6) is -0.194. The number of hydrogen-bond donors (Lipinski definition) is 3. The highest BCUT2D eigenvalue weighted by Crippen LogP contribution is 2.20. The minimum absolute atomic E-state index is 0.0447. The van der Waals surface area contributed by atoms with E-state index < -0.39 is 0 Å². The van der Waals surface area contributed by atoms with E-state index in [0.29, 0.717) is 17.3 Å². The monoisotopic (exact) mass is 314 g/mol. The smallest absolute Gasteiger partial charge is 0.267 e. The van der Waals surface area contributed by atoms with Crippen molar-refractivity contribution in [1.29, 1.82) is 0 Å². The van der Waals surface area contributed by atoms with Crippen molar-refractivity contribution in [2.45, 2.75) is 13.2 Å². The SMILES string of the molecule is O=C(NCc1ccccc1CO)c1cc2ccc(Cl)cc2[nH]1. The standard InChI is InChI=1S/C17H15ClN2O2/c18-14-6-5-11-7-16(20-15(11)8-14)17(22)19-9-12-3-1-2-4-13(12)10-21/h1-8,20-21H,9-10H2,(H,19,22). The number of rotatable bonds is 4. The number of fused-ring (bicyclic) bond motifs is 1. The molecule has 22 heavy (non-hydrogen) atoms. The van der Waals surface area contributed by atoms with Gasteiger partial charge in [-0.15, -0.1) is 0 Å². The van der Waals surface area contributed by atoms with Gasteiger partial charge in [0.05, 0.1) is 6.61 Å². The Morgan fingerprint density at radius 3 is 2.68 bits per heavy atom. The number of halogens is 1. The number of hydrogen-bond acceptors (Lipinski definition) is 2. The summed E-state index contributed by atoms with van der Waals surface area (Å²) >= 11 is 5.94. The number of aliphatic hydroxyl groups is 1. The van der Waals surface area contributed by atoms with Crippen LogP contribution in [0.25, 0.3) is 10.9 Å². The van der Waals surface area contributed by atoms with Gasteiger partial charge in [0.2, 0.25) is 0 Å². The van der Waals surface area contributed by atoms with Gasteiger partial charge in [-0.3, -0.25) is 4.79 Å². The van der Waals surface area contributed by atoms with Gasteiger partial charge in [-0.2, -0.15) is 0 Å². The number of carbonyl (C=O) groups excluding carboxylic acids is 1. The fourth-order valence-corrected chi connectivity index (χ4v) is 2.55. The number of amides is 1. The topological polar surface area (TPSA) is 65.1 Å². The molecule has 0 aliphatic heterocycles. The molecular weight excluding hydrogens is 300 g/mol. The second-order valence-electron chi connectivity index (χ2n) is 5.02. The number of aromatic nitrogens is 1. The van der Waals surface area contributed by atoms with Gasteiger partial charge >= 0.3 is 0 Å². The van der Waals surface area contributed by atoms with Crippen LogP contribution in [0.5, 0.6) is 0 Å². The molecule has 0 aliphatic carbocycles. The minimum Gasteiger partial charge on any atom is -0.392 e. The maximum Gasteiger partial charge on any atom is 0.267 e. The predicted octanol–water partition coefficient (Wildman–Crippen LogP) is 3.24. The van der Waals surface area contributed by atoms with Crippen molar-refractivity contribution in [2.75, 3.05) is 0 Å². The fourth-order valence-electron chi connectivity index (χ4n) is 2.38.